The summed E-state index contributed by atoms with van der Waals surface area (Å²) in [5, 5.41) is 6.20. The van der Waals surface area contributed by atoms with Gasteiger partial charge in [-0.05, 0) is 39.1 Å². The van der Waals surface area contributed by atoms with Crippen molar-refractivity contribution in [3.05, 3.63) is 44.6 Å². The lowest BCUT2D eigenvalue weighted by atomic mass is 10.1. The summed E-state index contributed by atoms with van der Waals surface area (Å²) in [6.45, 7) is 4.47. The quantitative estimate of drug-likeness (QED) is 0.727. The molecule has 1 heterocycles. The summed E-state index contributed by atoms with van der Waals surface area (Å²) in [4.78, 5) is 38.7. The molecular formula is C15H20N4O3. The molecule has 2 rings (SSSR count). The minimum absolute atomic E-state index is 0.154. The van der Waals surface area contributed by atoms with Gasteiger partial charge in [0.05, 0.1) is 10.9 Å². The third kappa shape index (κ3) is 3.09. The Morgan fingerprint density at radius 1 is 1.36 bits per heavy atom. The maximum atomic E-state index is 12.1. The van der Waals surface area contributed by atoms with Gasteiger partial charge in [-0.1, -0.05) is 0 Å². The van der Waals surface area contributed by atoms with Gasteiger partial charge in [0.2, 0.25) is 0 Å². The maximum absolute atomic E-state index is 12.1. The predicted octanol–water partition coefficient (Wildman–Crippen LogP) is 0.0474. The predicted molar refractivity (Wildman–Crippen MR) is 85.4 cm³/mol. The molecule has 0 aliphatic heterocycles. The lowest BCUT2D eigenvalue weighted by Gasteiger charge is -2.11. The van der Waals surface area contributed by atoms with E-state index in [0.717, 1.165) is 4.57 Å². The van der Waals surface area contributed by atoms with Gasteiger partial charge in [0.25, 0.3) is 11.5 Å². The number of carbonyl (C=O) groups is 1. The second-order valence-electron chi connectivity index (χ2n) is 5.14. The van der Waals surface area contributed by atoms with Crippen molar-refractivity contribution in [2.24, 2.45) is 0 Å². The fourth-order valence-corrected chi connectivity index (χ4v) is 2.13. The molecule has 0 saturated carbocycles. The van der Waals surface area contributed by atoms with Gasteiger partial charge in [-0.15, -0.1) is 0 Å². The zero-order chi connectivity index (χ0) is 16.3. The van der Waals surface area contributed by atoms with Crippen LogP contribution in [0.3, 0.4) is 0 Å². The molecule has 1 amide bonds. The van der Waals surface area contributed by atoms with Crippen molar-refractivity contribution < 1.29 is 4.79 Å². The van der Waals surface area contributed by atoms with E-state index in [1.807, 2.05) is 14.0 Å². The van der Waals surface area contributed by atoms with Gasteiger partial charge in [0.1, 0.15) is 0 Å². The molecule has 1 atom stereocenters. The first-order valence-corrected chi connectivity index (χ1v) is 7.20. The van der Waals surface area contributed by atoms with Crippen molar-refractivity contribution in [2.45, 2.75) is 26.4 Å². The van der Waals surface area contributed by atoms with Gasteiger partial charge in [0, 0.05) is 24.7 Å². The number of hydrogen-bond donors (Lipinski definition) is 3. The Morgan fingerprint density at radius 2 is 2.09 bits per heavy atom. The van der Waals surface area contributed by atoms with Crippen LogP contribution in [0.25, 0.3) is 10.9 Å². The van der Waals surface area contributed by atoms with Gasteiger partial charge in [-0.25, -0.2) is 4.79 Å². The van der Waals surface area contributed by atoms with E-state index in [1.54, 1.807) is 19.1 Å². The van der Waals surface area contributed by atoms with E-state index in [9.17, 15) is 14.4 Å². The Labute approximate surface area is 127 Å². The summed E-state index contributed by atoms with van der Waals surface area (Å²) < 4.78 is 1.12. The normalized spacial score (nSPS) is 12.3. The molecule has 0 aliphatic carbocycles. The van der Waals surface area contributed by atoms with E-state index in [-0.39, 0.29) is 17.5 Å². The molecular weight excluding hydrogens is 284 g/mol. The van der Waals surface area contributed by atoms with Crippen LogP contribution in [-0.4, -0.2) is 35.1 Å². The number of likely N-dealkylation sites (N-methyl/N-ethyl adjacent to an activating group) is 1. The SMILES string of the molecule is CCn1c(=O)[nH]c2cc(C(=O)NCC(C)NC)ccc2c1=O. The minimum Gasteiger partial charge on any atom is -0.350 e. The Bertz CT molecular complexity index is 807. The van der Waals surface area contributed by atoms with Gasteiger partial charge in [0.15, 0.2) is 0 Å². The number of nitrogens with one attached hydrogen (secondary N) is 3. The lowest BCUT2D eigenvalue weighted by molar-refractivity contribution is 0.0950. The Morgan fingerprint density at radius 3 is 2.73 bits per heavy atom. The lowest BCUT2D eigenvalue weighted by Crippen LogP contribution is -2.37. The number of fused-ring (bicyclic) bond motifs is 1. The second kappa shape index (κ2) is 6.57. The topological polar surface area (TPSA) is 96.0 Å². The van der Waals surface area contributed by atoms with Crippen molar-refractivity contribution in [3.63, 3.8) is 0 Å². The molecule has 2 aromatic rings. The van der Waals surface area contributed by atoms with Gasteiger partial charge in [-0.3, -0.25) is 14.2 Å². The van der Waals surface area contributed by atoms with Crippen molar-refractivity contribution in [2.75, 3.05) is 13.6 Å². The fraction of sp³-hybridized carbons (Fsp3) is 0.400. The first-order chi connectivity index (χ1) is 10.5. The number of rotatable bonds is 5. The van der Waals surface area contributed by atoms with Crippen molar-refractivity contribution in [1.82, 2.24) is 20.2 Å². The van der Waals surface area contributed by atoms with Crippen molar-refractivity contribution in [1.29, 1.82) is 0 Å². The van der Waals surface area contributed by atoms with Crippen LogP contribution in [0.15, 0.2) is 27.8 Å². The number of carbonyl (C=O) groups excluding carboxylic acids is 1. The standard InChI is InChI=1S/C15H20N4O3/c1-4-19-14(21)11-6-5-10(7-12(11)18-15(19)22)13(20)17-8-9(2)16-3/h5-7,9,16H,4,8H2,1-3H3,(H,17,20)(H,18,22). The Kier molecular flexibility index (Phi) is 4.77. The van der Waals surface area contributed by atoms with Crippen molar-refractivity contribution in [3.8, 4) is 0 Å². The highest BCUT2D eigenvalue weighted by Crippen LogP contribution is 2.09. The van der Waals surface area contributed by atoms with Crippen LogP contribution in [0.1, 0.15) is 24.2 Å². The van der Waals surface area contributed by atoms with Crippen LogP contribution >= 0.6 is 0 Å². The van der Waals surface area contributed by atoms with Gasteiger partial charge >= 0.3 is 5.69 Å². The molecule has 3 N–H and O–H groups in total. The molecule has 0 fully saturated rings. The highest BCUT2D eigenvalue weighted by atomic mass is 16.2. The Hall–Kier alpha value is -2.41. The zero-order valence-corrected chi connectivity index (χ0v) is 12.9. The summed E-state index contributed by atoms with van der Waals surface area (Å²) in [5.41, 5.74) is -0.0486. The molecule has 7 heteroatoms. The van der Waals surface area contributed by atoms with Crippen LogP contribution < -0.4 is 21.9 Å². The minimum atomic E-state index is -0.471. The molecule has 0 bridgehead atoms. The monoisotopic (exact) mass is 304 g/mol. The summed E-state index contributed by atoms with van der Waals surface area (Å²) in [6.07, 6.45) is 0. The van der Waals surface area contributed by atoms with E-state index in [4.69, 9.17) is 0 Å². The highest BCUT2D eigenvalue weighted by molar-refractivity contribution is 5.97. The van der Waals surface area contributed by atoms with Crippen LogP contribution in [0.2, 0.25) is 0 Å². The summed E-state index contributed by atoms with van der Waals surface area (Å²) in [6, 6.07) is 4.83. The van der Waals surface area contributed by atoms with E-state index in [1.165, 1.54) is 6.07 Å². The largest absolute Gasteiger partial charge is 0.350 e. The smallest absolute Gasteiger partial charge is 0.328 e. The molecule has 0 saturated heterocycles. The number of H-pyrrole nitrogens is 1. The number of benzene rings is 1. The average molecular weight is 304 g/mol. The van der Waals surface area contributed by atoms with Crippen LogP contribution in [-0.2, 0) is 6.54 Å². The molecule has 0 aliphatic rings. The number of nitrogens with zero attached hydrogens (tertiary/aromatic N) is 1. The number of aromatic amines is 1. The first kappa shape index (κ1) is 16.0. The molecule has 1 unspecified atom stereocenters. The molecule has 0 spiro atoms. The molecule has 118 valence electrons. The summed E-state index contributed by atoms with van der Waals surface area (Å²) in [5.74, 6) is -0.246. The number of amides is 1. The summed E-state index contributed by atoms with van der Waals surface area (Å²) in [7, 11) is 1.82. The van der Waals surface area contributed by atoms with E-state index < -0.39 is 5.69 Å². The fourth-order valence-electron chi connectivity index (χ4n) is 2.13. The number of aromatic nitrogens is 2. The van der Waals surface area contributed by atoms with Crippen LogP contribution in [0, 0.1) is 0 Å². The first-order valence-electron chi connectivity index (χ1n) is 7.20. The third-order valence-electron chi connectivity index (χ3n) is 3.62. The average Bonchev–Trinajstić information content (AvgIpc) is 2.52. The molecule has 22 heavy (non-hydrogen) atoms. The van der Waals surface area contributed by atoms with Crippen molar-refractivity contribution >= 4 is 16.8 Å². The highest BCUT2D eigenvalue weighted by Gasteiger charge is 2.11. The van der Waals surface area contributed by atoms with Gasteiger partial charge < -0.3 is 15.6 Å². The maximum Gasteiger partial charge on any atom is 0.328 e. The second-order valence-corrected chi connectivity index (χ2v) is 5.14. The van der Waals surface area contributed by atoms with Gasteiger partial charge in [-0.2, -0.15) is 0 Å². The van der Waals surface area contributed by atoms with Crippen LogP contribution in [0.5, 0.6) is 0 Å². The van der Waals surface area contributed by atoms with Crippen LogP contribution in [0.4, 0.5) is 0 Å². The Balaban J connectivity index is 2.37. The summed E-state index contributed by atoms with van der Waals surface area (Å²) >= 11 is 0. The third-order valence-corrected chi connectivity index (χ3v) is 3.62. The van der Waals surface area contributed by atoms with E-state index in [2.05, 4.69) is 15.6 Å². The molecule has 0 radical (unpaired) electrons. The molecule has 7 nitrogen and oxygen atoms in total. The molecule has 1 aromatic carbocycles. The zero-order valence-electron chi connectivity index (χ0n) is 12.9. The molecule has 1 aromatic heterocycles. The van der Waals surface area contributed by atoms with E-state index >= 15 is 0 Å². The number of hydrogen-bond acceptors (Lipinski definition) is 4. The van der Waals surface area contributed by atoms with E-state index in [0.29, 0.717) is 29.6 Å².